The van der Waals surface area contributed by atoms with Crippen LogP contribution in [-0.4, -0.2) is 45.9 Å². The van der Waals surface area contributed by atoms with Crippen LogP contribution in [-0.2, 0) is 24.3 Å². The third kappa shape index (κ3) is 7.21. The van der Waals surface area contributed by atoms with E-state index in [1.165, 1.54) is 7.11 Å². The molecule has 4 aromatic rings. The van der Waals surface area contributed by atoms with E-state index in [1.54, 1.807) is 41.4 Å². The van der Waals surface area contributed by atoms with Gasteiger partial charge in [0.15, 0.2) is 0 Å². The fourth-order valence-electron chi connectivity index (χ4n) is 5.02. The van der Waals surface area contributed by atoms with Crippen LogP contribution in [0.3, 0.4) is 0 Å². The molecule has 0 aliphatic carbocycles. The number of nitrogens with two attached hydrogens (primary N) is 4. The van der Waals surface area contributed by atoms with Gasteiger partial charge in [0.05, 0.1) is 31.6 Å². The Hall–Kier alpha value is -5.24. The Bertz CT molecular complexity index is 1630. The number of hydrogen-bond acceptors (Lipinski definition) is 8. The van der Waals surface area contributed by atoms with Crippen molar-refractivity contribution in [1.29, 1.82) is 0 Å². The minimum absolute atomic E-state index is 0.113. The number of imidazole rings is 1. The Balaban J connectivity index is 1.65. The normalized spacial score (nSPS) is 11.5. The molecule has 0 saturated heterocycles. The molecule has 0 aliphatic heterocycles. The maximum absolute atomic E-state index is 14.0. The van der Waals surface area contributed by atoms with Gasteiger partial charge < -0.3 is 26.1 Å². The predicted molar refractivity (Wildman–Crippen MR) is 167 cm³/mol. The lowest BCUT2D eigenvalue weighted by Crippen LogP contribution is -2.47. The van der Waals surface area contributed by atoms with Gasteiger partial charge in [0.1, 0.15) is 17.3 Å². The summed E-state index contributed by atoms with van der Waals surface area (Å²) in [6.07, 6.45) is 1.95. The molecular formula is C31H37N9O4. The lowest BCUT2D eigenvalue weighted by Gasteiger charge is -2.27. The first-order valence-electron chi connectivity index (χ1n) is 13.8. The summed E-state index contributed by atoms with van der Waals surface area (Å²) in [4.78, 5) is 47.2. The number of carbonyl (C=O) groups excluding carboxylic acids is 3. The highest BCUT2D eigenvalue weighted by Gasteiger charge is 2.25. The highest BCUT2D eigenvalue weighted by Crippen LogP contribution is 2.29. The number of amides is 4. The quantitative estimate of drug-likeness (QED) is 0.0852. The van der Waals surface area contributed by atoms with Crippen molar-refractivity contribution in [3.8, 4) is 17.0 Å². The first kappa shape index (κ1) is 31.7. The third-order valence-electron chi connectivity index (χ3n) is 7.31. The number of nitrogens with zero attached hydrogens (tertiary/aromatic N) is 3. The van der Waals surface area contributed by atoms with Crippen molar-refractivity contribution in [3.05, 3.63) is 101 Å². The number of anilines is 1. The van der Waals surface area contributed by atoms with Gasteiger partial charge in [-0.15, -0.1) is 0 Å². The van der Waals surface area contributed by atoms with E-state index in [0.29, 0.717) is 22.7 Å². The maximum Gasteiger partial charge on any atom is 0.350 e. The van der Waals surface area contributed by atoms with Crippen molar-refractivity contribution in [2.24, 2.45) is 23.2 Å². The minimum atomic E-state index is -0.915. The molecule has 1 heterocycles. The number of carbonyl (C=O) groups is 3. The summed E-state index contributed by atoms with van der Waals surface area (Å²) < 4.78 is 5.37. The largest absolute Gasteiger partial charge is 0.495 e. The number of nitrogens with one attached hydrogen (secondary N) is 2. The summed E-state index contributed by atoms with van der Waals surface area (Å²) in [5.41, 5.74) is 19.5. The van der Waals surface area contributed by atoms with Gasteiger partial charge in [-0.1, -0.05) is 36.4 Å². The molecule has 230 valence electrons. The van der Waals surface area contributed by atoms with Gasteiger partial charge in [-0.3, -0.25) is 15.0 Å². The molecule has 10 N–H and O–H groups in total. The number of rotatable bonds is 11. The Morgan fingerprint density at radius 2 is 1.70 bits per heavy atom. The number of benzene rings is 3. The van der Waals surface area contributed by atoms with Gasteiger partial charge in [0, 0.05) is 12.1 Å². The van der Waals surface area contributed by atoms with Crippen LogP contribution in [0.5, 0.6) is 5.75 Å². The second kappa shape index (κ2) is 13.8. The molecule has 3 aromatic carbocycles. The molecule has 44 heavy (non-hydrogen) atoms. The Kier molecular flexibility index (Phi) is 9.95. The lowest BCUT2D eigenvalue weighted by molar-refractivity contribution is -0.134. The van der Waals surface area contributed by atoms with Crippen molar-refractivity contribution in [1.82, 2.24) is 20.3 Å². The van der Waals surface area contributed by atoms with E-state index in [4.69, 9.17) is 27.9 Å². The van der Waals surface area contributed by atoms with Crippen molar-refractivity contribution in [3.63, 3.8) is 0 Å². The second-order valence-corrected chi connectivity index (χ2v) is 10.4. The molecule has 0 radical (unpaired) electrons. The van der Waals surface area contributed by atoms with Crippen molar-refractivity contribution in [2.75, 3.05) is 12.1 Å². The number of hydrogen-bond donors (Lipinski definition) is 6. The molecule has 1 atom stereocenters. The second-order valence-electron chi connectivity index (χ2n) is 10.4. The summed E-state index contributed by atoms with van der Waals surface area (Å²) in [5, 5.41) is 0.820. The number of methoxy groups -OCH3 is 1. The van der Waals surface area contributed by atoms with Crippen LogP contribution < -0.4 is 38.3 Å². The zero-order valence-electron chi connectivity index (χ0n) is 24.8. The van der Waals surface area contributed by atoms with E-state index in [0.717, 1.165) is 33.0 Å². The molecule has 13 nitrogen and oxygen atoms in total. The number of aryl methyl sites for hydroxylation is 2. The summed E-state index contributed by atoms with van der Waals surface area (Å²) in [5.74, 6) is 11.3. The Morgan fingerprint density at radius 3 is 2.32 bits per heavy atom. The van der Waals surface area contributed by atoms with Gasteiger partial charge in [-0.05, 0) is 72.4 Å². The zero-order chi connectivity index (χ0) is 32.0. The van der Waals surface area contributed by atoms with E-state index in [-0.39, 0.29) is 31.1 Å². The van der Waals surface area contributed by atoms with E-state index in [2.05, 4.69) is 9.97 Å². The molecule has 0 saturated carbocycles. The maximum atomic E-state index is 14.0. The molecule has 0 aliphatic rings. The van der Waals surface area contributed by atoms with Crippen LogP contribution >= 0.6 is 0 Å². The van der Waals surface area contributed by atoms with Crippen molar-refractivity contribution in [2.45, 2.75) is 39.4 Å². The molecule has 13 heteroatoms. The van der Waals surface area contributed by atoms with Gasteiger partial charge >= 0.3 is 6.03 Å². The molecule has 1 aromatic heterocycles. The first-order chi connectivity index (χ1) is 21.0. The zero-order valence-corrected chi connectivity index (χ0v) is 24.8. The van der Waals surface area contributed by atoms with E-state index in [1.807, 2.05) is 49.6 Å². The summed E-state index contributed by atoms with van der Waals surface area (Å²) in [7, 11) is 1.45. The fraction of sp³-hybridized carbons (Fsp3) is 0.226. The van der Waals surface area contributed by atoms with Crippen LogP contribution in [0.2, 0.25) is 0 Å². The number of aromatic nitrogens is 2. The molecule has 1 unspecified atom stereocenters. The van der Waals surface area contributed by atoms with Crippen LogP contribution in [0.4, 0.5) is 10.5 Å². The van der Waals surface area contributed by atoms with E-state index >= 15 is 0 Å². The number of hydrazine groups is 2. The molecule has 0 bridgehead atoms. The molecular weight excluding hydrogens is 562 g/mol. The number of primary amides is 1. The van der Waals surface area contributed by atoms with Gasteiger partial charge in [0.2, 0.25) is 11.8 Å². The number of urea groups is 1. The van der Waals surface area contributed by atoms with Gasteiger partial charge in [0.25, 0.3) is 0 Å². The minimum Gasteiger partial charge on any atom is -0.495 e. The van der Waals surface area contributed by atoms with Crippen LogP contribution in [0.1, 0.15) is 38.4 Å². The number of ether oxygens (including phenoxy) is 1. The highest BCUT2D eigenvalue weighted by molar-refractivity contribution is 5.93. The van der Waals surface area contributed by atoms with Crippen LogP contribution in [0.25, 0.3) is 11.3 Å². The molecule has 0 fully saturated rings. The average Bonchev–Trinajstić information content (AvgIpc) is 3.50. The Morgan fingerprint density at radius 1 is 1.02 bits per heavy atom. The number of H-pyrrole nitrogens is 1. The monoisotopic (exact) mass is 599 g/mol. The smallest absolute Gasteiger partial charge is 0.350 e. The first-order valence-corrected chi connectivity index (χ1v) is 13.8. The van der Waals surface area contributed by atoms with Gasteiger partial charge in [-0.25, -0.2) is 26.5 Å². The summed E-state index contributed by atoms with van der Waals surface area (Å²) in [6.45, 7) is 3.94. The van der Waals surface area contributed by atoms with Crippen LogP contribution in [0, 0.1) is 13.8 Å². The van der Waals surface area contributed by atoms with Crippen molar-refractivity contribution >= 4 is 23.5 Å². The lowest BCUT2D eigenvalue weighted by atomic mass is 9.93. The SMILES string of the molecule is COc1ccc(CN(Cc2ncc(-c3ccccc3)[nH]2)C(=O)C(N)Cc2c(C)cc(C(N)=O)cc2C)cc1N(N)C(=O)NN. The van der Waals surface area contributed by atoms with Crippen molar-refractivity contribution < 1.29 is 19.1 Å². The molecule has 4 amide bonds. The van der Waals surface area contributed by atoms with E-state index in [9.17, 15) is 14.4 Å². The number of aromatic amines is 1. The summed E-state index contributed by atoms with van der Waals surface area (Å²) in [6, 6.07) is 16.5. The van der Waals surface area contributed by atoms with Gasteiger partial charge in [-0.2, -0.15) is 0 Å². The molecule has 4 rings (SSSR count). The Labute approximate surface area is 255 Å². The van der Waals surface area contributed by atoms with E-state index < -0.39 is 18.0 Å². The average molecular weight is 600 g/mol. The fourth-order valence-corrected chi connectivity index (χ4v) is 5.02. The molecule has 0 spiro atoms. The van der Waals surface area contributed by atoms with Crippen LogP contribution in [0.15, 0.2) is 66.9 Å². The predicted octanol–water partition coefficient (Wildman–Crippen LogP) is 2.16. The highest BCUT2D eigenvalue weighted by atomic mass is 16.5. The third-order valence-corrected chi connectivity index (χ3v) is 7.31. The standard InChI is InChI=1S/C31H37N9O4/c1-18-11-22(29(33)41)12-19(2)23(18)14-24(32)30(42)39(17-28-36-15-25(37-28)21-7-5-4-6-8-21)16-20-9-10-27(44-3)26(13-20)40(35)31(43)38-34/h4-13,15,24H,14,16-17,32,34-35H2,1-3H3,(H2,33,41)(H,36,37)(H,38,43). The summed E-state index contributed by atoms with van der Waals surface area (Å²) >= 11 is 0. The topological polar surface area (TPSA) is 212 Å².